The molecular weight excluding hydrogens is 204 g/mol. The van der Waals surface area contributed by atoms with E-state index in [0.717, 1.165) is 6.42 Å². The molecule has 0 aromatic rings. The molecule has 2 bridgehead atoms. The lowest BCUT2D eigenvalue weighted by atomic mass is 9.99. The van der Waals surface area contributed by atoms with E-state index >= 15 is 0 Å². The lowest BCUT2D eigenvalue weighted by Crippen LogP contribution is -2.18. The zero-order valence-electron chi connectivity index (χ0n) is 8.03. The number of rotatable bonds is 2. The zero-order valence-corrected chi connectivity index (χ0v) is 8.79. The Morgan fingerprint density at radius 1 is 1.64 bits per heavy atom. The van der Waals surface area contributed by atoms with Gasteiger partial charge in [0.1, 0.15) is 5.78 Å². The predicted octanol–water partition coefficient (Wildman–Crippen LogP) is 1.38. The molecule has 2 saturated carbocycles. The van der Waals surface area contributed by atoms with E-state index in [4.69, 9.17) is 16.3 Å². The van der Waals surface area contributed by atoms with Crippen LogP contribution in [0.4, 0.5) is 0 Å². The van der Waals surface area contributed by atoms with Crippen LogP contribution in [0, 0.1) is 17.8 Å². The van der Waals surface area contributed by atoms with Crippen molar-refractivity contribution in [3.05, 3.63) is 0 Å². The van der Waals surface area contributed by atoms with Gasteiger partial charge >= 0.3 is 5.97 Å². The lowest BCUT2D eigenvalue weighted by molar-refractivity contribution is -0.143. The Bertz CT molecular complexity index is 277. The van der Waals surface area contributed by atoms with Crippen molar-refractivity contribution in [3.8, 4) is 0 Å². The highest BCUT2D eigenvalue weighted by Gasteiger charge is 2.52. The largest absolute Gasteiger partial charge is 0.466 e. The molecule has 2 rings (SSSR count). The Kier molecular flexibility index (Phi) is 2.52. The number of halogens is 1. The maximum atomic E-state index is 11.4. The maximum Gasteiger partial charge on any atom is 0.302 e. The zero-order chi connectivity index (χ0) is 10.3. The average Bonchev–Trinajstić information content (AvgIpc) is 2.55. The number of hydrogen-bond donors (Lipinski definition) is 0. The average molecular weight is 217 g/mol. The van der Waals surface area contributed by atoms with Crippen molar-refractivity contribution in [3.63, 3.8) is 0 Å². The molecule has 2 fully saturated rings. The molecule has 2 aliphatic carbocycles. The summed E-state index contributed by atoms with van der Waals surface area (Å²) in [6, 6.07) is 0. The van der Waals surface area contributed by atoms with Gasteiger partial charge in [0.15, 0.2) is 0 Å². The third-order valence-corrected chi connectivity index (χ3v) is 3.84. The molecule has 0 radical (unpaired) electrons. The van der Waals surface area contributed by atoms with Crippen LogP contribution in [0.3, 0.4) is 0 Å². The molecular formula is C10H13ClO3. The van der Waals surface area contributed by atoms with Gasteiger partial charge in [-0.25, -0.2) is 0 Å². The minimum absolute atomic E-state index is 0.0434. The highest BCUT2D eigenvalue weighted by Crippen LogP contribution is 2.49. The topological polar surface area (TPSA) is 43.4 Å². The summed E-state index contributed by atoms with van der Waals surface area (Å²) in [5, 5.41) is 0.0956. The summed E-state index contributed by atoms with van der Waals surface area (Å²) in [5.41, 5.74) is 0. The van der Waals surface area contributed by atoms with E-state index in [1.165, 1.54) is 6.92 Å². The fourth-order valence-corrected chi connectivity index (χ4v) is 3.11. The normalized spacial score (nSPS) is 40.3. The lowest BCUT2D eigenvalue weighted by Gasteiger charge is -2.15. The number of Topliss-reactive ketones (excluding diaryl/α,β-unsaturated/α-hetero) is 1. The van der Waals surface area contributed by atoms with Crippen LogP contribution in [0.1, 0.15) is 19.8 Å². The van der Waals surface area contributed by atoms with Crippen molar-refractivity contribution in [1.82, 2.24) is 0 Å². The molecule has 0 N–H and O–H groups in total. The first-order chi connectivity index (χ1) is 6.59. The van der Waals surface area contributed by atoms with Crippen molar-refractivity contribution in [2.45, 2.75) is 25.1 Å². The van der Waals surface area contributed by atoms with E-state index in [9.17, 15) is 9.59 Å². The van der Waals surface area contributed by atoms with Crippen molar-refractivity contribution < 1.29 is 14.3 Å². The van der Waals surface area contributed by atoms with Gasteiger partial charge in [-0.1, -0.05) is 0 Å². The molecule has 0 aromatic heterocycles. The summed E-state index contributed by atoms with van der Waals surface area (Å²) < 4.78 is 4.95. The molecule has 4 heteroatoms. The molecule has 0 amide bonds. The Hall–Kier alpha value is -0.570. The SMILES string of the molecule is CC(=O)OCC1C2CC(Cl)C1CC2=O. The summed E-state index contributed by atoms with van der Waals surface area (Å²) in [6.07, 6.45) is 1.34. The van der Waals surface area contributed by atoms with E-state index in [0.29, 0.717) is 18.8 Å². The van der Waals surface area contributed by atoms with Gasteiger partial charge in [-0.05, 0) is 12.3 Å². The van der Waals surface area contributed by atoms with Crippen LogP contribution in [0.2, 0.25) is 0 Å². The number of hydrogen-bond acceptors (Lipinski definition) is 3. The number of esters is 1. The molecule has 4 atom stereocenters. The molecule has 0 aromatic carbocycles. The Morgan fingerprint density at radius 3 is 2.86 bits per heavy atom. The number of carbonyl (C=O) groups is 2. The van der Waals surface area contributed by atoms with Gasteiger partial charge in [0, 0.05) is 30.6 Å². The van der Waals surface area contributed by atoms with E-state index in [2.05, 4.69) is 0 Å². The molecule has 4 unspecified atom stereocenters. The maximum absolute atomic E-state index is 11.4. The van der Waals surface area contributed by atoms with Gasteiger partial charge in [0.25, 0.3) is 0 Å². The molecule has 2 aliphatic rings. The molecule has 0 heterocycles. The predicted molar refractivity (Wildman–Crippen MR) is 51.0 cm³/mol. The first-order valence-corrected chi connectivity index (χ1v) is 5.33. The minimum Gasteiger partial charge on any atom is -0.466 e. The number of carbonyl (C=O) groups excluding carboxylic acids is 2. The Labute approximate surface area is 87.8 Å². The second-order valence-corrected chi connectivity index (χ2v) is 4.72. The second kappa shape index (κ2) is 3.54. The van der Waals surface area contributed by atoms with Crippen LogP contribution < -0.4 is 0 Å². The van der Waals surface area contributed by atoms with Crippen LogP contribution in [0.25, 0.3) is 0 Å². The van der Waals surface area contributed by atoms with E-state index < -0.39 is 0 Å². The van der Waals surface area contributed by atoms with Crippen LogP contribution in [0.15, 0.2) is 0 Å². The molecule has 78 valence electrons. The summed E-state index contributed by atoms with van der Waals surface area (Å²) in [6.45, 7) is 1.75. The highest BCUT2D eigenvalue weighted by atomic mass is 35.5. The number of fused-ring (bicyclic) bond motifs is 2. The van der Waals surface area contributed by atoms with E-state index in [1.54, 1.807) is 0 Å². The van der Waals surface area contributed by atoms with Crippen LogP contribution in [-0.4, -0.2) is 23.7 Å². The number of alkyl halides is 1. The molecule has 14 heavy (non-hydrogen) atoms. The smallest absolute Gasteiger partial charge is 0.302 e. The van der Waals surface area contributed by atoms with Gasteiger partial charge in [0.05, 0.1) is 6.61 Å². The quantitative estimate of drug-likeness (QED) is 0.518. The van der Waals surface area contributed by atoms with Crippen molar-refractivity contribution in [2.24, 2.45) is 17.8 Å². The molecule has 0 saturated heterocycles. The van der Waals surface area contributed by atoms with Gasteiger partial charge in [-0.15, -0.1) is 11.6 Å². The Balaban J connectivity index is 2.00. The molecule has 0 spiro atoms. The van der Waals surface area contributed by atoms with Gasteiger partial charge in [-0.2, -0.15) is 0 Å². The van der Waals surface area contributed by atoms with Crippen LogP contribution >= 0.6 is 11.6 Å². The number of ether oxygens (including phenoxy) is 1. The van der Waals surface area contributed by atoms with Crippen LogP contribution in [0.5, 0.6) is 0 Å². The fraction of sp³-hybridized carbons (Fsp3) is 0.800. The van der Waals surface area contributed by atoms with Gasteiger partial charge < -0.3 is 4.74 Å². The Morgan fingerprint density at radius 2 is 2.36 bits per heavy atom. The second-order valence-electron chi connectivity index (χ2n) is 4.16. The highest BCUT2D eigenvalue weighted by molar-refractivity contribution is 6.21. The summed E-state index contributed by atoms with van der Waals surface area (Å²) in [7, 11) is 0. The fourth-order valence-electron chi connectivity index (χ4n) is 2.65. The van der Waals surface area contributed by atoms with Crippen molar-refractivity contribution in [2.75, 3.05) is 6.61 Å². The van der Waals surface area contributed by atoms with E-state index in [1.807, 2.05) is 0 Å². The van der Waals surface area contributed by atoms with Crippen LogP contribution in [-0.2, 0) is 14.3 Å². The monoisotopic (exact) mass is 216 g/mol. The third kappa shape index (κ3) is 1.54. The molecule has 0 aliphatic heterocycles. The van der Waals surface area contributed by atoms with Gasteiger partial charge in [0.2, 0.25) is 0 Å². The standard InChI is InChI=1S/C10H13ClO3/c1-5(12)14-4-8-6-3-10(13)7(8)2-9(6)11/h6-9H,2-4H2,1H3. The first-order valence-electron chi connectivity index (χ1n) is 4.89. The van der Waals surface area contributed by atoms with Crippen molar-refractivity contribution >= 4 is 23.4 Å². The third-order valence-electron chi connectivity index (χ3n) is 3.34. The number of ketones is 1. The molecule has 3 nitrogen and oxygen atoms in total. The van der Waals surface area contributed by atoms with Gasteiger partial charge in [-0.3, -0.25) is 9.59 Å². The summed E-state index contributed by atoms with van der Waals surface area (Å²) >= 11 is 6.09. The minimum atomic E-state index is -0.283. The van der Waals surface area contributed by atoms with Crippen molar-refractivity contribution in [1.29, 1.82) is 0 Å². The van der Waals surface area contributed by atoms with E-state index in [-0.39, 0.29) is 29.1 Å². The first kappa shape index (κ1) is 9.97. The summed E-state index contributed by atoms with van der Waals surface area (Å²) in [5.74, 6) is 0.461. The summed E-state index contributed by atoms with van der Waals surface area (Å²) in [4.78, 5) is 22.1.